The van der Waals surface area contributed by atoms with Gasteiger partial charge >= 0.3 is 0 Å². The number of nitrogens with zero attached hydrogens (tertiary/aromatic N) is 1. The lowest BCUT2D eigenvalue weighted by Gasteiger charge is -2.31. The van der Waals surface area contributed by atoms with Crippen molar-refractivity contribution < 1.29 is 5.11 Å². The average Bonchev–Trinajstić information content (AvgIpc) is 2.56. The van der Waals surface area contributed by atoms with Gasteiger partial charge in [-0.25, -0.2) is 0 Å². The van der Waals surface area contributed by atoms with E-state index >= 15 is 0 Å². The molecule has 2 heteroatoms. The van der Waals surface area contributed by atoms with Crippen LogP contribution in [0, 0.1) is 5.92 Å². The number of benzene rings is 2. The smallest absolute Gasteiger partial charge is 0.0471 e. The Morgan fingerprint density at radius 3 is 2.38 bits per heavy atom. The summed E-state index contributed by atoms with van der Waals surface area (Å²) >= 11 is 0. The number of rotatable bonds is 4. The number of hydrogen-bond donors (Lipinski definition) is 1. The van der Waals surface area contributed by atoms with Crippen LogP contribution in [0.15, 0.2) is 54.6 Å². The third-order valence-corrected chi connectivity index (χ3v) is 4.33. The highest BCUT2D eigenvalue weighted by molar-refractivity contribution is 5.63. The molecule has 1 N–H and O–H groups in total. The Hall–Kier alpha value is -1.64. The van der Waals surface area contributed by atoms with Crippen LogP contribution in [0.25, 0.3) is 11.1 Å². The molecule has 2 aromatic carbocycles. The molecule has 2 nitrogen and oxygen atoms in total. The first-order chi connectivity index (χ1) is 10.3. The lowest BCUT2D eigenvalue weighted by molar-refractivity contribution is 0.116. The second kappa shape index (κ2) is 6.88. The van der Waals surface area contributed by atoms with Gasteiger partial charge < -0.3 is 5.11 Å². The molecule has 1 heterocycles. The fourth-order valence-corrected chi connectivity index (χ4v) is 3.14. The molecule has 0 aliphatic carbocycles. The summed E-state index contributed by atoms with van der Waals surface area (Å²) in [6.07, 6.45) is 2.37. The van der Waals surface area contributed by atoms with Crippen LogP contribution in [-0.4, -0.2) is 29.7 Å². The van der Waals surface area contributed by atoms with E-state index in [0.717, 1.165) is 19.6 Å². The van der Waals surface area contributed by atoms with Crippen LogP contribution in [0.1, 0.15) is 18.4 Å². The van der Waals surface area contributed by atoms with Crippen LogP contribution in [0.2, 0.25) is 0 Å². The quantitative estimate of drug-likeness (QED) is 0.926. The summed E-state index contributed by atoms with van der Waals surface area (Å²) in [6, 6.07) is 19.4. The SMILES string of the molecule is OC[C@H]1CCCN(Cc2ccc(-c3ccccc3)cc2)C1. The highest BCUT2D eigenvalue weighted by atomic mass is 16.3. The highest BCUT2D eigenvalue weighted by Crippen LogP contribution is 2.21. The van der Waals surface area contributed by atoms with E-state index in [0.29, 0.717) is 12.5 Å². The second-order valence-electron chi connectivity index (χ2n) is 5.99. The van der Waals surface area contributed by atoms with E-state index in [1.54, 1.807) is 0 Å². The molecule has 0 spiro atoms. The minimum Gasteiger partial charge on any atom is -0.396 e. The number of hydrogen-bond acceptors (Lipinski definition) is 2. The summed E-state index contributed by atoms with van der Waals surface area (Å²) in [6.45, 7) is 3.49. The standard InChI is InChI=1S/C19H23NO/c21-15-17-5-4-12-20(14-17)13-16-8-10-19(11-9-16)18-6-2-1-3-7-18/h1-3,6-11,17,21H,4-5,12-15H2/t17-/m0/s1. The molecule has 0 radical (unpaired) electrons. The van der Waals surface area contributed by atoms with Crippen molar-refractivity contribution in [2.45, 2.75) is 19.4 Å². The molecule has 2 aromatic rings. The van der Waals surface area contributed by atoms with E-state index < -0.39 is 0 Å². The average molecular weight is 281 g/mol. The molecule has 1 saturated heterocycles. The molecule has 0 aromatic heterocycles. The minimum absolute atomic E-state index is 0.323. The molecule has 3 rings (SSSR count). The summed E-state index contributed by atoms with van der Waals surface area (Å²) in [5.41, 5.74) is 3.89. The monoisotopic (exact) mass is 281 g/mol. The topological polar surface area (TPSA) is 23.5 Å². The molecule has 1 aliphatic rings. The maximum Gasteiger partial charge on any atom is 0.0471 e. The number of aliphatic hydroxyl groups excluding tert-OH is 1. The van der Waals surface area contributed by atoms with E-state index in [-0.39, 0.29) is 0 Å². The second-order valence-corrected chi connectivity index (χ2v) is 5.99. The Balaban J connectivity index is 1.65. The van der Waals surface area contributed by atoms with Crippen LogP contribution in [0.4, 0.5) is 0 Å². The summed E-state index contributed by atoms with van der Waals surface area (Å²) in [5.74, 6) is 0.461. The molecule has 21 heavy (non-hydrogen) atoms. The van der Waals surface area contributed by atoms with Crippen LogP contribution in [0.5, 0.6) is 0 Å². The van der Waals surface area contributed by atoms with Gasteiger partial charge in [0.25, 0.3) is 0 Å². The number of piperidine rings is 1. The van der Waals surface area contributed by atoms with Gasteiger partial charge in [0.15, 0.2) is 0 Å². The van der Waals surface area contributed by atoms with Crippen molar-refractivity contribution >= 4 is 0 Å². The summed E-state index contributed by atoms with van der Waals surface area (Å²) in [7, 11) is 0. The summed E-state index contributed by atoms with van der Waals surface area (Å²) in [4.78, 5) is 2.46. The molecular formula is C19H23NO. The Bertz CT molecular complexity index is 550. The third kappa shape index (κ3) is 3.72. The van der Waals surface area contributed by atoms with Gasteiger partial charge in [-0.2, -0.15) is 0 Å². The van der Waals surface area contributed by atoms with Crippen LogP contribution >= 0.6 is 0 Å². The van der Waals surface area contributed by atoms with Gasteiger partial charge in [-0.3, -0.25) is 4.90 Å². The molecular weight excluding hydrogens is 258 g/mol. The first-order valence-electron chi connectivity index (χ1n) is 7.83. The fraction of sp³-hybridized carbons (Fsp3) is 0.368. The molecule has 110 valence electrons. The van der Waals surface area contributed by atoms with Gasteiger partial charge in [-0.15, -0.1) is 0 Å². The molecule has 1 fully saturated rings. The van der Waals surface area contributed by atoms with Crippen LogP contribution in [0.3, 0.4) is 0 Å². The summed E-state index contributed by atoms with van der Waals surface area (Å²) < 4.78 is 0. The van der Waals surface area contributed by atoms with Gasteiger partial charge in [0.05, 0.1) is 0 Å². The predicted molar refractivity (Wildman–Crippen MR) is 87.0 cm³/mol. The van der Waals surface area contributed by atoms with Crippen LogP contribution in [-0.2, 0) is 6.54 Å². The molecule has 0 amide bonds. The van der Waals surface area contributed by atoms with Gasteiger partial charge in [0.1, 0.15) is 0 Å². The van der Waals surface area contributed by atoms with E-state index in [4.69, 9.17) is 0 Å². The van der Waals surface area contributed by atoms with Gasteiger partial charge in [0, 0.05) is 19.7 Å². The van der Waals surface area contributed by atoms with Crippen molar-refractivity contribution in [3.8, 4) is 11.1 Å². The van der Waals surface area contributed by atoms with Crippen LogP contribution < -0.4 is 0 Å². The van der Waals surface area contributed by atoms with E-state index in [1.807, 2.05) is 6.07 Å². The maximum atomic E-state index is 9.31. The lowest BCUT2D eigenvalue weighted by atomic mass is 9.98. The van der Waals surface area contributed by atoms with Gasteiger partial charge in [-0.05, 0) is 42.0 Å². The van der Waals surface area contributed by atoms with Gasteiger partial charge in [-0.1, -0.05) is 54.6 Å². The molecule has 0 bridgehead atoms. The minimum atomic E-state index is 0.323. The summed E-state index contributed by atoms with van der Waals surface area (Å²) in [5, 5.41) is 9.31. The van der Waals surface area contributed by atoms with Crippen molar-refractivity contribution in [1.29, 1.82) is 0 Å². The predicted octanol–water partition coefficient (Wildman–Crippen LogP) is 3.56. The largest absolute Gasteiger partial charge is 0.396 e. The third-order valence-electron chi connectivity index (χ3n) is 4.33. The Labute approximate surface area is 127 Å². The highest BCUT2D eigenvalue weighted by Gasteiger charge is 2.18. The zero-order valence-corrected chi connectivity index (χ0v) is 12.4. The number of aliphatic hydroxyl groups is 1. The molecule has 1 aliphatic heterocycles. The molecule has 0 saturated carbocycles. The van der Waals surface area contributed by atoms with Crippen molar-refractivity contribution in [2.24, 2.45) is 5.92 Å². The fourth-order valence-electron chi connectivity index (χ4n) is 3.14. The zero-order chi connectivity index (χ0) is 14.5. The Morgan fingerprint density at radius 1 is 0.952 bits per heavy atom. The number of likely N-dealkylation sites (tertiary alicyclic amines) is 1. The Morgan fingerprint density at radius 2 is 1.67 bits per heavy atom. The van der Waals surface area contributed by atoms with E-state index in [1.165, 1.54) is 29.5 Å². The van der Waals surface area contributed by atoms with Crippen molar-refractivity contribution in [1.82, 2.24) is 4.90 Å². The zero-order valence-electron chi connectivity index (χ0n) is 12.4. The van der Waals surface area contributed by atoms with Gasteiger partial charge in [0.2, 0.25) is 0 Å². The van der Waals surface area contributed by atoms with E-state index in [9.17, 15) is 5.11 Å². The maximum absolute atomic E-state index is 9.31. The Kier molecular flexibility index (Phi) is 4.69. The van der Waals surface area contributed by atoms with E-state index in [2.05, 4.69) is 53.4 Å². The first kappa shape index (κ1) is 14.3. The normalized spacial score (nSPS) is 19.6. The molecule has 1 atom stereocenters. The van der Waals surface area contributed by atoms with Crippen molar-refractivity contribution in [3.63, 3.8) is 0 Å². The van der Waals surface area contributed by atoms with Crippen molar-refractivity contribution in [2.75, 3.05) is 19.7 Å². The first-order valence-corrected chi connectivity index (χ1v) is 7.83. The van der Waals surface area contributed by atoms with Crippen molar-refractivity contribution in [3.05, 3.63) is 60.2 Å². The lowest BCUT2D eigenvalue weighted by Crippen LogP contribution is -2.36. The molecule has 0 unspecified atom stereocenters.